The topological polar surface area (TPSA) is 96.8 Å². The third-order valence-corrected chi connectivity index (χ3v) is 9.18. The van der Waals surface area contributed by atoms with Crippen molar-refractivity contribution in [3.8, 4) is 0 Å². The molecule has 0 radical (unpaired) electrons. The first-order valence-electron chi connectivity index (χ1n) is 14.9. The van der Waals surface area contributed by atoms with Gasteiger partial charge in [0, 0.05) is 38.5 Å². The molecule has 2 aromatic rings. The van der Waals surface area contributed by atoms with Crippen molar-refractivity contribution in [1.82, 2.24) is 24.9 Å². The lowest BCUT2D eigenvalue weighted by molar-refractivity contribution is -0.134. The van der Waals surface area contributed by atoms with Crippen LogP contribution in [0.25, 0.3) is 10.9 Å². The van der Waals surface area contributed by atoms with Gasteiger partial charge in [0.05, 0.1) is 17.1 Å². The van der Waals surface area contributed by atoms with Crippen molar-refractivity contribution in [2.75, 3.05) is 32.7 Å². The van der Waals surface area contributed by atoms with Crippen molar-refractivity contribution < 1.29 is 23.5 Å². The highest BCUT2D eigenvalue weighted by Crippen LogP contribution is 2.39. The standard InChI is InChI=1S/C31H44FN5O4/c1-30(2,3)41-29(40)37-14-11-20(31(4,5)18-37)17-36-12-9-19(10-13-36)22-16-25-23(15-24(22)32)27(34-35(25)6)21-7-8-26(38)33-28(21)39/h15-16,19-21H,7-14,17-18H2,1-6H3,(H,33,38,39)/t20-,21?/m1/s1. The van der Waals surface area contributed by atoms with Crippen molar-refractivity contribution in [2.45, 2.75) is 84.2 Å². The normalized spacial score (nSPS) is 24.5. The maximum absolute atomic E-state index is 15.5. The number of amides is 3. The van der Waals surface area contributed by atoms with E-state index in [2.05, 4.69) is 29.2 Å². The maximum atomic E-state index is 15.5. The number of piperidine rings is 3. The number of ether oxygens (including phenoxy) is 1. The van der Waals surface area contributed by atoms with E-state index in [-0.39, 0.29) is 41.5 Å². The van der Waals surface area contributed by atoms with Gasteiger partial charge in [-0.3, -0.25) is 19.6 Å². The average Bonchev–Trinajstić information content (AvgIpc) is 3.18. The summed E-state index contributed by atoms with van der Waals surface area (Å²) in [5.74, 6) is -0.867. The van der Waals surface area contributed by atoms with Gasteiger partial charge in [0.2, 0.25) is 11.8 Å². The highest BCUT2D eigenvalue weighted by molar-refractivity contribution is 6.02. The van der Waals surface area contributed by atoms with Crippen molar-refractivity contribution in [2.24, 2.45) is 18.4 Å². The Kier molecular flexibility index (Phi) is 7.91. The van der Waals surface area contributed by atoms with E-state index in [1.807, 2.05) is 38.8 Å². The van der Waals surface area contributed by atoms with Gasteiger partial charge >= 0.3 is 6.09 Å². The Morgan fingerprint density at radius 1 is 1.12 bits per heavy atom. The zero-order valence-electron chi connectivity index (χ0n) is 25.3. The van der Waals surface area contributed by atoms with Gasteiger partial charge < -0.3 is 14.5 Å². The molecule has 3 fully saturated rings. The predicted octanol–water partition coefficient (Wildman–Crippen LogP) is 4.70. The lowest BCUT2D eigenvalue weighted by atomic mass is 9.73. The number of imide groups is 1. The molecule has 224 valence electrons. The molecule has 3 aliphatic rings. The second-order valence-electron chi connectivity index (χ2n) is 13.9. The SMILES string of the molecule is Cn1nc(C2CCC(=O)NC2=O)c2cc(F)c(C3CCN(C[C@H]4CCN(C(=O)OC(C)(C)C)CC4(C)C)CC3)cc21. The van der Waals surface area contributed by atoms with Gasteiger partial charge in [0.15, 0.2) is 0 Å². The highest BCUT2D eigenvalue weighted by Gasteiger charge is 2.40. The second-order valence-corrected chi connectivity index (χ2v) is 13.9. The molecule has 3 saturated heterocycles. The number of benzene rings is 1. The summed E-state index contributed by atoms with van der Waals surface area (Å²) in [7, 11) is 1.82. The molecule has 5 rings (SSSR count). The molecule has 0 spiro atoms. The van der Waals surface area contributed by atoms with Crippen LogP contribution in [0.5, 0.6) is 0 Å². The lowest BCUT2D eigenvalue weighted by Crippen LogP contribution is -2.52. The summed E-state index contributed by atoms with van der Waals surface area (Å²) >= 11 is 0. The van der Waals surface area contributed by atoms with E-state index in [1.54, 1.807) is 4.68 Å². The first-order chi connectivity index (χ1) is 19.2. The Morgan fingerprint density at radius 3 is 2.46 bits per heavy atom. The maximum Gasteiger partial charge on any atom is 0.410 e. The largest absolute Gasteiger partial charge is 0.444 e. The number of halogens is 1. The molecule has 3 amide bonds. The van der Waals surface area contributed by atoms with E-state index >= 15 is 4.39 Å². The molecule has 10 heteroatoms. The average molecular weight is 570 g/mol. The number of hydrogen-bond donors (Lipinski definition) is 1. The number of nitrogens with zero attached hydrogens (tertiary/aromatic N) is 4. The fourth-order valence-corrected chi connectivity index (χ4v) is 6.81. The minimum atomic E-state index is -0.551. The number of hydrogen-bond acceptors (Lipinski definition) is 6. The third-order valence-electron chi connectivity index (χ3n) is 9.18. The summed E-state index contributed by atoms with van der Waals surface area (Å²) < 4.78 is 22.9. The summed E-state index contributed by atoms with van der Waals surface area (Å²) in [6.45, 7) is 14.3. The second kappa shape index (κ2) is 11.0. The number of carbonyl (C=O) groups excluding carboxylic acids is 3. The molecule has 1 unspecified atom stereocenters. The van der Waals surface area contributed by atoms with Crippen LogP contribution in [0.3, 0.4) is 0 Å². The predicted molar refractivity (Wildman–Crippen MR) is 154 cm³/mol. The van der Waals surface area contributed by atoms with Crippen LogP contribution in [-0.2, 0) is 21.4 Å². The van der Waals surface area contributed by atoms with E-state index in [9.17, 15) is 14.4 Å². The van der Waals surface area contributed by atoms with Crippen molar-refractivity contribution in [3.05, 3.63) is 29.2 Å². The first kappa shape index (κ1) is 29.5. The zero-order chi connectivity index (χ0) is 29.7. The summed E-state index contributed by atoms with van der Waals surface area (Å²) in [6.07, 6.45) is 3.09. The molecule has 1 N–H and O–H groups in total. The number of fused-ring (bicyclic) bond motifs is 1. The molecule has 0 aliphatic carbocycles. The number of nitrogens with one attached hydrogen (secondary N) is 1. The molecule has 1 aromatic carbocycles. The van der Waals surface area contributed by atoms with Gasteiger partial charge in [-0.25, -0.2) is 9.18 Å². The van der Waals surface area contributed by atoms with Crippen LogP contribution >= 0.6 is 0 Å². The number of aryl methyl sites for hydroxylation is 1. The van der Waals surface area contributed by atoms with Crippen LogP contribution in [0.1, 0.15) is 89.8 Å². The molecule has 0 bridgehead atoms. The van der Waals surface area contributed by atoms with Crippen LogP contribution in [0.15, 0.2) is 12.1 Å². The van der Waals surface area contributed by atoms with Gasteiger partial charge in [-0.05, 0) is 94.5 Å². The molecule has 1 aromatic heterocycles. The fraction of sp³-hybridized carbons (Fsp3) is 0.677. The summed E-state index contributed by atoms with van der Waals surface area (Å²) in [6, 6.07) is 3.44. The molecule has 41 heavy (non-hydrogen) atoms. The summed E-state index contributed by atoms with van der Waals surface area (Å²) in [4.78, 5) is 41.0. The van der Waals surface area contributed by atoms with E-state index < -0.39 is 11.5 Å². The van der Waals surface area contributed by atoms with E-state index in [0.717, 1.165) is 44.4 Å². The Labute approximate surface area is 241 Å². The highest BCUT2D eigenvalue weighted by atomic mass is 19.1. The van der Waals surface area contributed by atoms with E-state index in [1.165, 1.54) is 6.07 Å². The van der Waals surface area contributed by atoms with Crippen LogP contribution in [0, 0.1) is 17.2 Å². The molecule has 2 atom stereocenters. The van der Waals surface area contributed by atoms with Crippen LogP contribution < -0.4 is 5.32 Å². The molecule has 0 saturated carbocycles. The Bertz CT molecular complexity index is 1340. The van der Waals surface area contributed by atoms with Gasteiger partial charge in [-0.15, -0.1) is 0 Å². The van der Waals surface area contributed by atoms with E-state index in [4.69, 9.17) is 4.74 Å². The quantitative estimate of drug-likeness (QED) is 0.537. The Balaban J connectivity index is 1.22. The van der Waals surface area contributed by atoms with Crippen LogP contribution in [-0.4, -0.2) is 75.8 Å². The lowest BCUT2D eigenvalue weighted by Gasteiger charge is -2.46. The minimum absolute atomic E-state index is 0.0249. The van der Waals surface area contributed by atoms with Crippen molar-refractivity contribution in [3.63, 3.8) is 0 Å². The minimum Gasteiger partial charge on any atom is -0.444 e. The first-order valence-corrected chi connectivity index (χ1v) is 14.9. The number of likely N-dealkylation sites (tertiary alicyclic amines) is 2. The molecule has 4 heterocycles. The summed E-state index contributed by atoms with van der Waals surface area (Å²) in [5, 5.41) is 7.60. The number of aromatic nitrogens is 2. The Morgan fingerprint density at radius 2 is 1.83 bits per heavy atom. The van der Waals surface area contributed by atoms with Gasteiger partial charge in [-0.1, -0.05) is 13.8 Å². The number of carbonyl (C=O) groups is 3. The smallest absolute Gasteiger partial charge is 0.410 e. The van der Waals surface area contributed by atoms with Gasteiger partial charge in [0.1, 0.15) is 11.4 Å². The number of rotatable bonds is 4. The fourth-order valence-electron chi connectivity index (χ4n) is 6.81. The van der Waals surface area contributed by atoms with Crippen molar-refractivity contribution >= 4 is 28.8 Å². The Hall–Kier alpha value is -3.01. The van der Waals surface area contributed by atoms with E-state index in [0.29, 0.717) is 42.1 Å². The van der Waals surface area contributed by atoms with Crippen LogP contribution in [0.2, 0.25) is 0 Å². The van der Waals surface area contributed by atoms with Gasteiger partial charge in [0.25, 0.3) is 0 Å². The molecular formula is C31H44FN5O4. The molecule has 3 aliphatic heterocycles. The summed E-state index contributed by atoms with van der Waals surface area (Å²) in [5.41, 5.74) is 1.53. The molecule has 9 nitrogen and oxygen atoms in total. The third kappa shape index (κ3) is 6.27. The molecular weight excluding hydrogens is 525 g/mol. The van der Waals surface area contributed by atoms with Crippen molar-refractivity contribution in [1.29, 1.82) is 0 Å². The van der Waals surface area contributed by atoms with Crippen LogP contribution in [0.4, 0.5) is 9.18 Å². The van der Waals surface area contributed by atoms with Gasteiger partial charge in [-0.2, -0.15) is 5.10 Å². The zero-order valence-corrected chi connectivity index (χ0v) is 25.3. The monoisotopic (exact) mass is 569 g/mol.